The Labute approximate surface area is 64.4 Å². The van der Waals surface area contributed by atoms with Crippen molar-refractivity contribution in [3.05, 3.63) is 35.9 Å². The summed E-state index contributed by atoms with van der Waals surface area (Å²) in [5.74, 6) is -0.681. The normalized spacial score (nSPS) is 11.9. The van der Waals surface area contributed by atoms with Crippen LogP contribution in [0.5, 0.6) is 0 Å². The predicted octanol–water partition coefficient (Wildman–Crippen LogP) is 2.75. The van der Waals surface area contributed by atoms with Crippen LogP contribution in [-0.2, 0) is 4.74 Å². The largest absolute Gasteiger partial charge is 0.494 e. The van der Waals surface area contributed by atoms with Crippen LogP contribution in [0.25, 0.3) is 0 Å². The molecule has 56 valence electrons. The fraction of sp³-hybridized carbons (Fsp3) is 0.143. The molecule has 0 rings (SSSR count). The van der Waals surface area contributed by atoms with Crippen LogP contribution >= 0.6 is 11.6 Å². The predicted molar refractivity (Wildman–Crippen MR) is 40.3 cm³/mol. The van der Waals surface area contributed by atoms with E-state index in [4.69, 9.17) is 11.6 Å². The maximum atomic E-state index is 12.6. The third-order valence-corrected chi connectivity index (χ3v) is 1.03. The van der Waals surface area contributed by atoms with E-state index in [0.717, 1.165) is 0 Å². The summed E-state index contributed by atoms with van der Waals surface area (Å²) in [6, 6.07) is 0. The van der Waals surface area contributed by atoms with E-state index in [1.54, 1.807) is 0 Å². The van der Waals surface area contributed by atoms with Gasteiger partial charge in [0.25, 0.3) is 0 Å². The van der Waals surface area contributed by atoms with Gasteiger partial charge in [0.1, 0.15) is 0 Å². The average Bonchev–Trinajstić information content (AvgIpc) is 1.90. The summed E-state index contributed by atoms with van der Waals surface area (Å²) in [5.41, 5.74) is 0. The number of halogens is 2. The summed E-state index contributed by atoms with van der Waals surface area (Å²) < 4.78 is 17.2. The summed E-state index contributed by atoms with van der Waals surface area (Å²) in [6.07, 6.45) is 1.23. The lowest BCUT2D eigenvalue weighted by Crippen LogP contribution is -1.85. The van der Waals surface area contributed by atoms with Gasteiger partial charge in [-0.1, -0.05) is 24.8 Å². The second-order valence-corrected chi connectivity index (χ2v) is 1.95. The minimum atomic E-state index is -0.681. The molecule has 1 nitrogen and oxygen atoms in total. The number of rotatable bonds is 3. The van der Waals surface area contributed by atoms with Gasteiger partial charge in [-0.3, -0.25) is 0 Å². The Balaban J connectivity index is 4.59. The molecule has 0 unspecified atom stereocenters. The molecule has 0 aliphatic carbocycles. The van der Waals surface area contributed by atoms with Gasteiger partial charge in [0.15, 0.2) is 11.6 Å². The summed E-state index contributed by atoms with van der Waals surface area (Å²) in [7, 11) is 1.33. The number of hydrogen-bond donors (Lipinski definition) is 0. The van der Waals surface area contributed by atoms with Crippen LogP contribution in [0, 0.1) is 0 Å². The van der Waals surface area contributed by atoms with E-state index in [0.29, 0.717) is 0 Å². The van der Waals surface area contributed by atoms with Crippen molar-refractivity contribution >= 4 is 11.6 Å². The van der Waals surface area contributed by atoms with Crippen LogP contribution in [0.4, 0.5) is 4.39 Å². The summed E-state index contributed by atoms with van der Waals surface area (Å²) in [6.45, 7) is 6.49. The molecule has 0 saturated carbocycles. The molecule has 3 heteroatoms. The molecule has 0 aromatic carbocycles. The average molecular weight is 163 g/mol. The van der Waals surface area contributed by atoms with Crippen molar-refractivity contribution in [2.24, 2.45) is 0 Å². The first-order valence-corrected chi connectivity index (χ1v) is 2.92. The second kappa shape index (κ2) is 4.12. The molecular weight excluding hydrogens is 155 g/mol. The van der Waals surface area contributed by atoms with E-state index in [-0.39, 0.29) is 10.8 Å². The number of ether oxygens (including phenoxy) is 1. The van der Waals surface area contributed by atoms with Gasteiger partial charge in [-0.2, -0.15) is 0 Å². The third kappa shape index (κ3) is 2.23. The van der Waals surface area contributed by atoms with Crippen LogP contribution in [0.15, 0.2) is 35.9 Å². The van der Waals surface area contributed by atoms with Crippen LogP contribution in [0.3, 0.4) is 0 Å². The molecule has 0 aliphatic heterocycles. The zero-order valence-electron chi connectivity index (χ0n) is 5.66. The maximum absolute atomic E-state index is 12.6. The Morgan fingerprint density at radius 3 is 2.30 bits per heavy atom. The minimum absolute atomic E-state index is 0.000000000000000444. The van der Waals surface area contributed by atoms with Crippen LogP contribution in [-0.4, -0.2) is 7.11 Å². The van der Waals surface area contributed by atoms with E-state index in [9.17, 15) is 4.39 Å². The van der Waals surface area contributed by atoms with E-state index in [1.165, 1.54) is 13.2 Å². The van der Waals surface area contributed by atoms with Crippen molar-refractivity contribution in [1.29, 1.82) is 0 Å². The molecule has 0 fully saturated rings. The van der Waals surface area contributed by atoms with Crippen molar-refractivity contribution < 1.29 is 9.13 Å². The minimum Gasteiger partial charge on any atom is -0.494 e. The Morgan fingerprint density at radius 1 is 1.70 bits per heavy atom. The SMILES string of the molecule is C=C/C(OC)=C(/F)C(=C)Cl. The molecule has 0 bridgehead atoms. The van der Waals surface area contributed by atoms with Gasteiger partial charge in [0, 0.05) is 0 Å². The first-order chi connectivity index (χ1) is 4.63. The van der Waals surface area contributed by atoms with Crippen LogP contribution < -0.4 is 0 Å². The van der Waals surface area contributed by atoms with Crippen LogP contribution in [0.2, 0.25) is 0 Å². The van der Waals surface area contributed by atoms with Gasteiger partial charge in [-0.25, -0.2) is 4.39 Å². The lowest BCUT2D eigenvalue weighted by molar-refractivity contribution is 0.293. The van der Waals surface area contributed by atoms with Gasteiger partial charge in [0.05, 0.1) is 12.1 Å². The molecule has 0 aliphatic rings. The zero-order valence-corrected chi connectivity index (χ0v) is 6.41. The van der Waals surface area contributed by atoms with E-state index >= 15 is 0 Å². The molecular formula is C7H8ClFO. The second-order valence-electron chi connectivity index (χ2n) is 1.49. The molecule has 0 spiro atoms. The molecule has 0 saturated heterocycles. The first-order valence-electron chi connectivity index (χ1n) is 2.54. The zero-order chi connectivity index (χ0) is 8.15. The summed E-state index contributed by atoms with van der Waals surface area (Å²) in [4.78, 5) is 0. The monoisotopic (exact) mass is 162 g/mol. The highest BCUT2D eigenvalue weighted by Gasteiger charge is 2.04. The quantitative estimate of drug-likeness (QED) is 0.458. The molecule has 10 heavy (non-hydrogen) atoms. The Morgan fingerprint density at radius 2 is 2.20 bits per heavy atom. The van der Waals surface area contributed by atoms with E-state index < -0.39 is 5.83 Å². The third-order valence-electron chi connectivity index (χ3n) is 0.860. The highest BCUT2D eigenvalue weighted by Crippen LogP contribution is 2.18. The molecule has 0 aromatic rings. The molecule has 0 amide bonds. The molecule has 0 atom stereocenters. The standard InChI is InChI=1S/C7H8ClFO/c1-4-6(10-3)7(9)5(2)8/h4H,1-2H2,3H3/b7-6-. The topological polar surface area (TPSA) is 9.23 Å². The maximum Gasteiger partial charge on any atom is 0.182 e. The van der Waals surface area contributed by atoms with Gasteiger partial charge < -0.3 is 4.74 Å². The van der Waals surface area contributed by atoms with Crippen molar-refractivity contribution in [3.63, 3.8) is 0 Å². The van der Waals surface area contributed by atoms with Gasteiger partial charge >= 0.3 is 0 Å². The molecule has 0 aromatic heterocycles. The number of allylic oxidation sites excluding steroid dienone is 3. The summed E-state index contributed by atoms with van der Waals surface area (Å²) in [5, 5.41) is -0.184. The molecule has 0 heterocycles. The Bertz CT molecular complexity index is 184. The fourth-order valence-corrected chi connectivity index (χ4v) is 0.489. The van der Waals surface area contributed by atoms with E-state index in [1.807, 2.05) is 0 Å². The van der Waals surface area contributed by atoms with Gasteiger partial charge in [-0.15, -0.1) is 0 Å². The Kier molecular flexibility index (Phi) is 3.81. The number of methoxy groups -OCH3 is 1. The lowest BCUT2D eigenvalue weighted by atomic mass is 10.4. The highest BCUT2D eigenvalue weighted by molar-refractivity contribution is 6.31. The smallest absolute Gasteiger partial charge is 0.182 e. The lowest BCUT2D eigenvalue weighted by Gasteiger charge is -2.00. The first kappa shape index (κ1) is 9.24. The summed E-state index contributed by atoms with van der Waals surface area (Å²) >= 11 is 5.23. The van der Waals surface area contributed by atoms with Crippen LogP contribution in [0.1, 0.15) is 0 Å². The van der Waals surface area contributed by atoms with E-state index in [2.05, 4.69) is 17.9 Å². The molecule has 0 N–H and O–H groups in total. The van der Waals surface area contributed by atoms with Crippen molar-refractivity contribution in [2.45, 2.75) is 0 Å². The fourth-order valence-electron chi connectivity index (χ4n) is 0.396. The van der Waals surface area contributed by atoms with Gasteiger partial charge in [0.2, 0.25) is 0 Å². The highest BCUT2D eigenvalue weighted by atomic mass is 35.5. The molecule has 0 radical (unpaired) electrons. The van der Waals surface area contributed by atoms with Crippen molar-refractivity contribution in [1.82, 2.24) is 0 Å². The van der Waals surface area contributed by atoms with Gasteiger partial charge in [-0.05, 0) is 6.08 Å². The number of hydrogen-bond acceptors (Lipinski definition) is 1. The van der Waals surface area contributed by atoms with Crippen molar-refractivity contribution in [2.75, 3.05) is 7.11 Å². The Hall–Kier alpha value is -0.760. The van der Waals surface area contributed by atoms with Crippen molar-refractivity contribution in [3.8, 4) is 0 Å².